The van der Waals surface area contributed by atoms with Crippen molar-refractivity contribution in [2.45, 2.75) is 12.7 Å². The Hall–Kier alpha value is -2.10. The highest BCUT2D eigenvalue weighted by molar-refractivity contribution is 5.69. The van der Waals surface area contributed by atoms with Crippen molar-refractivity contribution in [1.82, 2.24) is 4.90 Å². The van der Waals surface area contributed by atoms with Crippen molar-refractivity contribution < 1.29 is 32.4 Å². The third-order valence-corrected chi connectivity index (χ3v) is 1.97. The number of furan rings is 1. The fraction of sp³-hybridized carbons (Fsp3) is 0.444. The maximum Gasteiger partial charge on any atom is 0.433 e. The zero-order valence-electron chi connectivity index (χ0n) is 9.38. The van der Waals surface area contributed by atoms with Crippen molar-refractivity contribution in [1.29, 1.82) is 0 Å². The summed E-state index contributed by atoms with van der Waals surface area (Å²) in [4.78, 5) is 20.5. The van der Waals surface area contributed by atoms with Crippen molar-refractivity contribution in [3.8, 4) is 0 Å². The van der Waals surface area contributed by atoms with Crippen molar-refractivity contribution >= 4 is 11.9 Å². The Bertz CT molecular complexity index is 471. The standard InChI is InChI=1S/C9H9F3N2O5/c10-9(11,12)5-13(4-8(15)16)3-6-1-2-7(19-6)14(17)18/h1-2H,3-5H2,(H,15,16). The number of carboxylic acid groups (broad SMARTS) is 1. The number of nitro groups is 1. The smallest absolute Gasteiger partial charge is 0.433 e. The number of rotatable bonds is 6. The van der Waals surface area contributed by atoms with Crippen LogP contribution < -0.4 is 0 Å². The molecular weight excluding hydrogens is 273 g/mol. The highest BCUT2D eigenvalue weighted by Gasteiger charge is 2.32. The van der Waals surface area contributed by atoms with Crippen molar-refractivity contribution in [3.05, 3.63) is 28.0 Å². The molecule has 0 spiro atoms. The van der Waals surface area contributed by atoms with E-state index < -0.39 is 42.6 Å². The lowest BCUT2D eigenvalue weighted by atomic mass is 10.3. The zero-order valence-corrected chi connectivity index (χ0v) is 9.38. The van der Waals surface area contributed by atoms with Crippen LogP contribution in [0.2, 0.25) is 0 Å². The third-order valence-electron chi connectivity index (χ3n) is 1.97. The molecule has 0 fully saturated rings. The molecule has 0 amide bonds. The van der Waals surface area contributed by atoms with E-state index in [-0.39, 0.29) is 5.76 Å². The minimum atomic E-state index is -4.58. The molecule has 0 aromatic carbocycles. The van der Waals surface area contributed by atoms with Crippen molar-refractivity contribution in [3.63, 3.8) is 0 Å². The molecule has 0 bridgehead atoms. The van der Waals surface area contributed by atoms with E-state index in [1.54, 1.807) is 0 Å². The third kappa shape index (κ3) is 5.38. The summed E-state index contributed by atoms with van der Waals surface area (Å²) in [6, 6.07) is 2.12. The van der Waals surface area contributed by atoms with Gasteiger partial charge in [0.2, 0.25) is 0 Å². The van der Waals surface area contributed by atoms with Crippen LogP contribution in [-0.2, 0) is 11.3 Å². The molecule has 1 N–H and O–H groups in total. The van der Waals surface area contributed by atoms with E-state index in [2.05, 4.69) is 4.42 Å². The maximum atomic E-state index is 12.2. The number of hydrogen-bond acceptors (Lipinski definition) is 5. The molecule has 0 aliphatic carbocycles. The monoisotopic (exact) mass is 282 g/mol. The van der Waals surface area contributed by atoms with Gasteiger partial charge in [-0.3, -0.25) is 19.8 Å². The van der Waals surface area contributed by atoms with Crippen LogP contribution in [0.25, 0.3) is 0 Å². The van der Waals surface area contributed by atoms with E-state index in [1.165, 1.54) is 0 Å². The molecule has 0 saturated carbocycles. The van der Waals surface area contributed by atoms with Crippen LogP contribution in [0.3, 0.4) is 0 Å². The van der Waals surface area contributed by atoms with Crippen LogP contribution >= 0.6 is 0 Å². The van der Waals surface area contributed by atoms with E-state index in [0.29, 0.717) is 4.90 Å². The molecule has 0 unspecified atom stereocenters. The van der Waals surface area contributed by atoms with E-state index >= 15 is 0 Å². The van der Waals surface area contributed by atoms with Crippen LogP contribution in [0, 0.1) is 10.1 Å². The van der Waals surface area contributed by atoms with Crippen molar-refractivity contribution in [2.75, 3.05) is 13.1 Å². The Morgan fingerprint density at radius 2 is 2.11 bits per heavy atom. The average molecular weight is 282 g/mol. The number of aliphatic carboxylic acids is 1. The number of hydrogen-bond donors (Lipinski definition) is 1. The minimum Gasteiger partial charge on any atom is -0.480 e. The highest BCUT2D eigenvalue weighted by Crippen LogP contribution is 2.20. The van der Waals surface area contributed by atoms with Gasteiger partial charge in [-0.1, -0.05) is 0 Å². The summed E-state index contributed by atoms with van der Waals surface area (Å²) in [6.07, 6.45) is -4.58. The summed E-state index contributed by atoms with van der Waals surface area (Å²) in [5.41, 5.74) is 0. The fourth-order valence-electron chi connectivity index (χ4n) is 1.38. The number of halogens is 3. The van der Waals surface area contributed by atoms with Gasteiger partial charge in [-0.05, 0) is 6.07 Å². The van der Waals surface area contributed by atoms with Gasteiger partial charge in [0.1, 0.15) is 10.7 Å². The minimum absolute atomic E-state index is 0.114. The largest absolute Gasteiger partial charge is 0.480 e. The lowest BCUT2D eigenvalue weighted by Gasteiger charge is -2.20. The predicted molar refractivity (Wildman–Crippen MR) is 54.3 cm³/mol. The van der Waals surface area contributed by atoms with Crippen LogP contribution in [0.1, 0.15) is 5.76 Å². The zero-order chi connectivity index (χ0) is 14.6. The first kappa shape index (κ1) is 15.0. The average Bonchev–Trinajstić information content (AvgIpc) is 2.62. The SMILES string of the molecule is O=C(O)CN(Cc1ccc([N+](=O)[O-])o1)CC(F)(F)F. The lowest BCUT2D eigenvalue weighted by molar-refractivity contribution is -0.402. The summed E-state index contributed by atoms with van der Waals surface area (Å²) in [6.45, 7) is -2.79. The summed E-state index contributed by atoms with van der Waals surface area (Å²) < 4.78 is 41.3. The topological polar surface area (TPSA) is 96.8 Å². The quantitative estimate of drug-likeness (QED) is 0.629. The number of nitrogens with zero attached hydrogens (tertiary/aromatic N) is 2. The second-order valence-corrected chi connectivity index (χ2v) is 3.65. The second-order valence-electron chi connectivity index (χ2n) is 3.65. The molecule has 0 aliphatic heterocycles. The molecule has 0 radical (unpaired) electrons. The van der Waals surface area contributed by atoms with Gasteiger partial charge in [0, 0.05) is 0 Å². The van der Waals surface area contributed by atoms with Crippen LogP contribution in [0.4, 0.5) is 19.1 Å². The molecule has 10 heteroatoms. The molecule has 0 atom stereocenters. The Kier molecular flexibility index (Phi) is 4.48. The molecule has 0 aliphatic rings. The van der Waals surface area contributed by atoms with E-state index in [9.17, 15) is 28.1 Å². The Labute approximate surface area is 104 Å². The molecule has 19 heavy (non-hydrogen) atoms. The molecule has 1 heterocycles. The summed E-state index contributed by atoms with van der Waals surface area (Å²) in [5.74, 6) is -2.17. The van der Waals surface area contributed by atoms with Crippen LogP contribution in [-0.4, -0.2) is 40.2 Å². The molecule has 7 nitrogen and oxygen atoms in total. The van der Waals surface area contributed by atoms with Gasteiger partial charge in [0.15, 0.2) is 0 Å². The molecule has 0 saturated heterocycles. The van der Waals surface area contributed by atoms with Crippen LogP contribution in [0.15, 0.2) is 16.5 Å². The van der Waals surface area contributed by atoms with Gasteiger partial charge >= 0.3 is 18.0 Å². The van der Waals surface area contributed by atoms with E-state index in [4.69, 9.17) is 5.11 Å². The molecule has 106 valence electrons. The Morgan fingerprint density at radius 3 is 2.53 bits per heavy atom. The van der Waals surface area contributed by atoms with Gasteiger partial charge < -0.3 is 9.52 Å². The fourth-order valence-corrected chi connectivity index (χ4v) is 1.38. The number of carboxylic acids is 1. The lowest BCUT2D eigenvalue weighted by Crippen LogP contribution is -2.37. The first-order chi connectivity index (χ1) is 8.67. The van der Waals surface area contributed by atoms with Crippen molar-refractivity contribution in [2.24, 2.45) is 0 Å². The molecule has 1 aromatic heterocycles. The normalized spacial score (nSPS) is 11.8. The number of carbonyl (C=O) groups is 1. The van der Waals surface area contributed by atoms with Gasteiger partial charge in [-0.25, -0.2) is 0 Å². The molecular formula is C9H9F3N2O5. The summed E-state index contributed by atoms with van der Waals surface area (Å²) in [7, 11) is 0. The highest BCUT2D eigenvalue weighted by atomic mass is 19.4. The number of alkyl halides is 3. The Balaban J connectivity index is 2.75. The van der Waals surface area contributed by atoms with Gasteiger partial charge in [0.25, 0.3) is 0 Å². The first-order valence-electron chi connectivity index (χ1n) is 4.91. The first-order valence-corrected chi connectivity index (χ1v) is 4.91. The Morgan fingerprint density at radius 1 is 1.47 bits per heavy atom. The maximum absolute atomic E-state index is 12.2. The van der Waals surface area contributed by atoms with E-state index in [0.717, 1.165) is 12.1 Å². The summed E-state index contributed by atoms with van der Waals surface area (Å²) in [5, 5.41) is 18.8. The summed E-state index contributed by atoms with van der Waals surface area (Å²) >= 11 is 0. The van der Waals surface area contributed by atoms with Gasteiger partial charge in [0.05, 0.1) is 25.7 Å². The van der Waals surface area contributed by atoms with Gasteiger partial charge in [-0.15, -0.1) is 0 Å². The van der Waals surface area contributed by atoms with Crippen LogP contribution in [0.5, 0.6) is 0 Å². The predicted octanol–water partition coefficient (Wildman–Crippen LogP) is 1.64. The molecule has 1 rings (SSSR count). The van der Waals surface area contributed by atoms with Gasteiger partial charge in [-0.2, -0.15) is 13.2 Å². The molecule has 1 aromatic rings. The van der Waals surface area contributed by atoms with E-state index in [1.807, 2.05) is 0 Å². The second kappa shape index (κ2) is 5.69.